The number of anilines is 1. The first-order valence-corrected chi connectivity index (χ1v) is 8.38. The fraction of sp³-hybridized carbons (Fsp3) is 0.286. The minimum Gasteiger partial charge on any atom is -0.495 e. The van der Waals surface area contributed by atoms with Gasteiger partial charge in [0.2, 0.25) is 0 Å². The van der Waals surface area contributed by atoms with E-state index in [1.165, 1.54) is 0 Å². The number of methoxy groups -OCH3 is 1. The Morgan fingerprint density at radius 3 is 3.00 bits per heavy atom. The van der Waals surface area contributed by atoms with E-state index in [4.69, 9.17) is 10.5 Å². The summed E-state index contributed by atoms with van der Waals surface area (Å²) in [7, 11) is 1.63. The monoisotopic (exact) mass is 450 g/mol. The molecule has 0 aliphatic heterocycles. The summed E-state index contributed by atoms with van der Waals surface area (Å²) in [5.41, 5.74) is 6.69. The molecule has 0 aliphatic carbocycles. The zero-order chi connectivity index (χ0) is 14.9. The largest absolute Gasteiger partial charge is 0.495 e. The molecule has 3 N–H and O–H groups in total. The highest BCUT2D eigenvalue weighted by Crippen LogP contribution is 2.23. The molecule has 2 aromatic rings. The molecule has 5 nitrogen and oxygen atoms in total. The number of thiazole rings is 1. The SMILES string of the molecule is COc1ccccc1NC(N)=NCCCSc1nccs1.I. The lowest BCUT2D eigenvalue weighted by Gasteiger charge is -2.09. The van der Waals surface area contributed by atoms with Gasteiger partial charge in [-0.3, -0.25) is 4.99 Å². The Hall–Kier alpha value is -1.000. The first-order chi connectivity index (χ1) is 10.3. The van der Waals surface area contributed by atoms with E-state index in [0.717, 1.165) is 28.0 Å². The Morgan fingerprint density at radius 1 is 1.45 bits per heavy atom. The van der Waals surface area contributed by atoms with E-state index in [1.54, 1.807) is 30.2 Å². The van der Waals surface area contributed by atoms with Crippen LogP contribution in [0, 0.1) is 0 Å². The fourth-order valence-electron chi connectivity index (χ4n) is 1.63. The van der Waals surface area contributed by atoms with Gasteiger partial charge < -0.3 is 15.8 Å². The number of nitrogens with zero attached hydrogens (tertiary/aromatic N) is 2. The zero-order valence-corrected chi connectivity index (χ0v) is 16.2. The van der Waals surface area contributed by atoms with Crippen LogP contribution in [-0.4, -0.2) is 30.4 Å². The lowest BCUT2D eigenvalue weighted by Crippen LogP contribution is -2.23. The molecule has 0 saturated carbocycles. The molecule has 1 heterocycles. The van der Waals surface area contributed by atoms with E-state index >= 15 is 0 Å². The molecule has 0 bridgehead atoms. The van der Waals surface area contributed by atoms with Crippen LogP contribution in [0.1, 0.15) is 6.42 Å². The topological polar surface area (TPSA) is 72.5 Å². The Labute approximate surface area is 155 Å². The maximum absolute atomic E-state index is 5.87. The van der Waals surface area contributed by atoms with E-state index in [9.17, 15) is 0 Å². The number of nitrogens with two attached hydrogens (primary N) is 1. The predicted octanol–water partition coefficient (Wildman–Crippen LogP) is 3.68. The number of rotatable bonds is 7. The van der Waals surface area contributed by atoms with E-state index in [0.29, 0.717) is 12.5 Å². The van der Waals surface area contributed by atoms with Gasteiger partial charge in [0, 0.05) is 23.9 Å². The molecule has 0 spiro atoms. The average molecular weight is 450 g/mol. The van der Waals surface area contributed by atoms with Crippen molar-refractivity contribution >= 4 is 58.7 Å². The lowest BCUT2D eigenvalue weighted by atomic mass is 10.3. The van der Waals surface area contributed by atoms with Gasteiger partial charge in [-0.25, -0.2) is 4.98 Å². The summed E-state index contributed by atoms with van der Waals surface area (Å²) in [5, 5.41) is 5.03. The number of aliphatic imine (C=N–C) groups is 1. The molecule has 8 heteroatoms. The van der Waals surface area contributed by atoms with E-state index in [1.807, 2.05) is 35.8 Å². The normalized spacial score (nSPS) is 10.9. The van der Waals surface area contributed by atoms with Gasteiger partial charge in [0.25, 0.3) is 0 Å². The molecule has 0 unspecified atom stereocenters. The zero-order valence-electron chi connectivity index (χ0n) is 12.2. The Morgan fingerprint density at radius 2 is 2.27 bits per heavy atom. The van der Waals surface area contributed by atoms with Crippen molar-refractivity contribution in [2.24, 2.45) is 10.7 Å². The van der Waals surface area contributed by atoms with Crippen LogP contribution in [0.4, 0.5) is 5.69 Å². The van der Waals surface area contributed by atoms with Gasteiger partial charge >= 0.3 is 0 Å². The fourth-order valence-corrected chi connectivity index (χ4v) is 3.26. The van der Waals surface area contributed by atoms with Crippen LogP contribution in [-0.2, 0) is 0 Å². The molecule has 0 amide bonds. The minimum atomic E-state index is 0. The number of halogens is 1. The number of para-hydroxylation sites is 2. The smallest absolute Gasteiger partial charge is 0.193 e. The molecule has 0 atom stereocenters. The number of thioether (sulfide) groups is 1. The van der Waals surface area contributed by atoms with E-state index in [-0.39, 0.29) is 24.0 Å². The highest BCUT2D eigenvalue weighted by molar-refractivity contribution is 14.0. The van der Waals surface area contributed by atoms with Gasteiger partial charge in [-0.1, -0.05) is 23.9 Å². The van der Waals surface area contributed by atoms with Gasteiger partial charge in [-0.2, -0.15) is 0 Å². The van der Waals surface area contributed by atoms with Crippen molar-refractivity contribution in [1.29, 1.82) is 0 Å². The van der Waals surface area contributed by atoms with E-state index < -0.39 is 0 Å². The van der Waals surface area contributed by atoms with E-state index in [2.05, 4.69) is 15.3 Å². The van der Waals surface area contributed by atoms with Crippen molar-refractivity contribution in [3.05, 3.63) is 35.8 Å². The van der Waals surface area contributed by atoms with Gasteiger partial charge in [0.15, 0.2) is 5.96 Å². The second kappa shape index (κ2) is 10.7. The molecule has 1 aromatic heterocycles. The lowest BCUT2D eigenvalue weighted by molar-refractivity contribution is 0.417. The Bertz CT molecular complexity index is 578. The summed E-state index contributed by atoms with van der Waals surface area (Å²) in [6.07, 6.45) is 2.78. The van der Waals surface area contributed by atoms with Crippen molar-refractivity contribution < 1.29 is 4.74 Å². The summed E-state index contributed by atoms with van der Waals surface area (Å²) < 4.78 is 6.34. The van der Waals surface area contributed by atoms with Crippen LogP contribution in [0.5, 0.6) is 5.75 Å². The van der Waals surface area contributed by atoms with Crippen molar-refractivity contribution in [1.82, 2.24) is 4.98 Å². The maximum atomic E-state index is 5.87. The number of guanidine groups is 1. The van der Waals surface area contributed by atoms with Crippen molar-refractivity contribution in [3.8, 4) is 5.75 Å². The second-order valence-electron chi connectivity index (χ2n) is 4.09. The predicted molar refractivity (Wildman–Crippen MR) is 106 cm³/mol. The average Bonchev–Trinajstić information content (AvgIpc) is 3.01. The third-order valence-electron chi connectivity index (χ3n) is 2.59. The number of benzene rings is 1. The molecule has 22 heavy (non-hydrogen) atoms. The summed E-state index contributed by atoms with van der Waals surface area (Å²) in [4.78, 5) is 8.53. The quantitative estimate of drug-likeness (QED) is 0.221. The summed E-state index contributed by atoms with van der Waals surface area (Å²) in [5.74, 6) is 2.13. The minimum absolute atomic E-state index is 0. The third kappa shape index (κ3) is 6.41. The standard InChI is InChI=1S/C14H18N4OS2.HI/c1-19-12-6-3-2-5-11(12)18-13(15)16-7-4-9-20-14-17-8-10-21-14;/h2-3,5-6,8,10H,4,7,9H2,1H3,(H3,15,16,18);1H. The third-order valence-corrected chi connectivity index (χ3v) is 4.64. The van der Waals surface area contributed by atoms with Gasteiger partial charge in [0.05, 0.1) is 12.8 Å². The van der Waals surface area contributed by atoms with Crippen LogP contribution >= 0.6 is 47.1 Å². The highest BCUT2D eigenvalue weighted by atomic mass is 127. The highest BCUT2D eigenvalue weighted by Gasteiger charge is 2.02. The number of aromatic nitrogens is 1. The van der Waals surface area contributed by atoms with Crippen molar-refractivity contribution in [3.63, 3.8) is 0 Å². The Kier molecular flexibility index (Phi) is 9.25. The molecule has 0 radical (unpaired) electrons. The van der Waals surface area contributed by atoms with Crippen molar-refractivity contribution in [2.45, 2.75) is 10.8 Å². The number of ether oxygens (including phenoxy) is 1. The molecular formula is C14H19IN4OS2. The molecule has 2 rings (SSSR count). The second-order valence-corrected chi connectivity index (χ2v) is 6.33. The molecule has 0 aliphatic rings. The number of hydrogen-bond acceptors (Lipinski definition) is 5. The molecule has 0 fully saturated rings. The number of nitrogens with one attached hydrogen (secondary N) is 1. The van der Waals surface area contributed by atoms with Crippen LogP contribution in [0.3, 0.4) is 0 Å². The van der Waals surface area contributed by atoms with Crippen LogP contribution in [0.25, 0.3) is 0 Å². The van der Waals surface area contributed by atoms with Crippen LogP contribution in [0.2, 0.25) is 0 Å². The molecule has 0 saturated heterocycles. The molecular weight excluding hydrogens is 431 g/mol. The first-order valence-electron chi connectivity index (χ1n) is 6.52. The molecule has 120 valence electrons. The molecule has 1 aromatic carbocycles. The maximum Gasteiger partial charge on any atom is 0.193 e. The van der Waals surface area contributed by atoms with Gasteiger partial charge in [0.1, 0.15) is 10.1 Å². The Balaban J connectivity index is 0.00000242. The van der Waals surface area contributed by atoms with Gasteiger partial charge in [-0.15, -0.1) is 35.3 Å². The van der Waals surface area contributed by atoms with Gasteiger partial charge in [-0.05, 0) is 18.6 Å². The number of hydrogen-bond donors (Lipinski definition) is 2. The summed E-state index contributed by atoms with van der Waals surface area (Å²) in [6.45, 7) is 0.687. The van der Waals surface area contributed by atoms with Crippen LogP contribution < -0.4 is 15.8 Å². The van der Waals surface area contributed by atoms with Crippen molar-refractivity contribution in [2.75, 3.05) is 24.7 Å². The summed E-state index contributed by atoms with van der Waals surface area (Å²) >= 11 is 3.40. The summed E-state index contributed by atoms with van der Waals surface area (Å²) in [6, 6.07) is 7.61. The van der Waals surface area contributed by atoms with Crippen LogP contribution in [0.15, 0.2) is 45.2 Å². The first kappa shape index (κ1) is 19.0.